The number of nitrogens with two attached hydrogens (primary N) is 2. The SMILES string of the molecule is C[C@@H](O)[C@@H]1NC(=O)[C@H](CCCCN)NC(=O)[C@@H](Cc2c[nH]c3ccccc23)NC(=O)C(Cc2ccccc2)NC(=O)[C@@H](NC(=O)[C@H](N)Cc2ccccc2)CSSC[C@@H](C(=O)N[C@H](CO)[C@@H](C)O)NC1=O. The number of nitrogens with one attached hydrogen (secondary N) is 8. The molecule has 15 N–H and O–H groups in total. The summed E-state index contributed by atoms with van der Waals surface area (Å²) in [6.45, 7) is 2.23. The summed E-state index contributed by atoms with van der Waals surface area (Å²) in [5.74, 6) is -6.01. The van der Waals surface area contributed by atoms with Crippen LogP contribution in [0.15, 0.2) is 91.1 Å². The summed E-state index contributed by atoms with van der Waals surface area (Å²) < 4.78 is 0. The van der Waals surface area contributed by atoms with Crippen LogP contribution >= 0.6 is 21.6 Å². The summed E-state index contributed by atoms with van der Waals surface area (Å²) in [5.41, 5.74) is 15.0. The molecule has 0 radical (unpaired) electrons. The molecule has 7 amide bonds. The second-order valence-electron chi connectivity index (χ2n) is 17.5. The molecular formula is C49H66N10O10S2. The first-order valence-electron chi connectivity index (χ1n) is 23.5. The first-order chi connectivity index (χ1) is 34.1. The van der Waals surface area contributed by atoms with E-state index in [9.17, 15) is 48.9 Å². The van der Waals surface area contributed by atoms with Gasteiger partial charge in [0, 0.05) is 41.4 Å². The maximum absolute atomic E-state index is 14.7. The second kappa shape index (κ2) is 28.1. The Morgan fingerprint density at radius 2 is 1.31 bits per heavy atom. The third-order valence-electron chi connectivity index (χ3n) is 11.9. The van der Waals surface area contributed by atoms with Crippen molar-refractivity contribution in [2.45, 2.75) is 113 Å². The molecule has 71 heavy (non-hydrogen) atoms. The van der Waals surface area contributed by atoms with E-state index in [2.05, 4.69) is 42.2 Å². The number of H-pyrrole nitrogens is 1. The fourth-order valence-electron chi connectivity index (χ4n) is 7.73. The van der Waals surface area contributed by atoms with E-state index in [1.807, 2.05) is 30.3 Å². The minimum atomic E-state index is -1.66. The molecule has 384 valence electrons. The van der Waals surface area contributed by atoms with Crippen molar-refractivity contribution in [3.8, 4) is 0 Å². The standard InChI is InChI=1S/C49H66N10O10S2/c1-28(61)39(25-60)56-48(68)41-27-71-70-26-40(57-43(63)34(51)21-30-13-5-3-6-14-30)47(67)54-37(22-31-15-7-4-8-16-31)45(65)55-38(23-32-24-52-35-18-10-9-17-33(32)35)46(66)53-36(19-11-12-20-50)44(64)59-42(29(2)62)49(69)58-41/h3-10,13-18,24,28-29,34,36-42,52,60-62H,11-12,19-23,25-27,50-51H2,1-2H3,(H,53,66)(H,54,67)(H,55,65)(H,56,68)(H,57,63)(H,58,69)(H,59,64)/t28-,29-,34-,36+,37?,38-,39-,40+,41+,42+/m1/s1. The number of aliphatic hydroxyl groups is 3. The molecule has 0 saturated carbocycles. The lowest BCUT2D eigenvalue weighted by molar-refractivity contribution is -0.136. The Morgan fingerprint density at radius 1 is 0.718 bits per heavy atom. The zero-order chi connectivity index (χ0) is 51.5. The number of unbranched alkanes of at least 4 members (excludes halogenated alkanes) is 1. The maximum Gasteiger partial charge on any atom is 0.245 e. The average molecular weight is 1020 g/mol. The number of aromatic amines is 1. The number of amides is 7. The Kier molecular flexibility index (Phi) is 22.2. The molecule has 1 unspecified atom stereocenters. The maximum atomic E-state index is 14.7. The fourth-order valence-corrected chi connectivity index (χ4v) is 10.1. The van der Waals surface area contributed by atoms with Gasteiger partial charge in [0.1, 0.15) is 36.3 Å². The minimum Gasteiger partial charge on any atom is -0.394 e. The average Bonchev–Trinajstić information content (AvgIpc) is 3.76. The van der Waals surface area contributed by atoms with Crippen molar-refractivity contribution < 1.29 is 48.9 Å². The summed E-state index contributed by atoms with van der Waals surface area (Å²) >= 11 is 0. The third kappa shape index (κ3) is 17.1. The number of hydrogen-bond acceptors (Lipinski definition) is 14. The van der Waals surface area contributed by atoms with Gasteiger partial charge >= 0.3 is 0 Å². The summed E-state index contributed by atoms with van der Waals surface area (Å²) in [6, 6.07) is 14.6. The summed E-state index contributed by atoms with van der Waals surface area (Å²) in [5, 5.41) is 50.5. The lowest BCUT2D eigenvalue weighted by atomic mass is 10.0. The van der Waals surface area contributed by atoms with Crippen molar-refractivity contribution in [3.05, 3.63) is 108 Å². The Labute approximate surface area is 420 Å². The van der Waals surface area contributed by atoms with Crippen molar-refractivity contribution in [1.29, 1.82) is 0 Å². The highest BCUT2D eigenvalue weighted by atomic mass is 33.1. The zero-order valence-corrected chi connectivity index (χ0v) is 41.3. The van der Waals surface area contributed by atoms with Gasteiger partial charge in [-0.2, -0.15) is 0 Å². The molecule has 22 heteroatoms. The molecule has 0 aliphatic carbocycles. The molecule has 1 fully saturated rings. The third-order valence-corrected chi connectivity index (χ3v) is 14.3. The Hall–Kier alpha value is -6.01. The normalized spacial score (nSPS) is 22.8. The van der Waals surface area contributed by atoms with Crippen LogP contribution < -0.4 is 48.7 Å². The molecule has 20 nitrogen and oxygen atoms in total. The van der Waals surface area contributed by atoms with Crippen LogP contribution in [0, 0.1) is 0 Å². The molecular weight excluding hydrogens is 953 g/mol. The number of carbonyl (C=O) groups is 7. The van der Waals surface area contributed by atoms with Crippen LogP contribution in [-0.4, -0.2) is 147 Å². The number of carbonyl (C=O) groups excluding carboxylic acids is 7. The highest BCUT2D eigenvalue weighted by molar-refractivity contribution is 8.76. The van der Waals surface area contributed by atoms with E-state index in [1.165, 1.54) is 13.8 Å². The molecule has 1 aliphatic rings. The van der Waals surface area contributed by atoms with Crippen LogP contribution in [0.5, 0.6) is 0 Å². The van der Waals surface area contributed by atoms with Gasteiger partial charge < -0.3 is 69.0 Å². The van der Waals surface area contributed by atoms with Crippen LogP contribution in [0.4, 0.5) is 0 Å². The Bertz CT molecular complexity index is 2400. The Balaban J connectivity index is 1.56. The highest BCUT2D eigenvalue weighted by Gasteiger charge is 2.36. The van der Waals surface area contributed by atoms with E-state index in [4.69, 9.17) is 11.5 Å². The number of fused-ring (bicyclic) bond motifs is 1. The van der Waals surface area contributed by atoms with Gasteiger partial charge in [0.2, 0.25) is 41.4 Å². The van der Waals surface area contributed by atoms with E-state index in [1.54, 1.807) is 60.8 Å². The van der Waals surface area contributed by atoms with Gasteiger partial charge in [-0.1, -0.05) is 100 Å². The predicted octanol–water partition coefficient (Wildman–Crippen LogP) is -0.805. The van der Waals surface area contributed by atoms with Gasteiger partial charge in [-0.05, 0) is 68.8 Å². The van der Waals surface area contributed by atoms with Crippen molar-refractivity contribution in [1.82, 2.24) is 42.2 Å². The molecule has 2 heterocycles. The fraction of sp³-hybridized carbons (Fsp3) is 0.449. The monoisotopic (exact) mass is 1020 g/mol. The Morgan fingerprint density at radius 3 is 1.96 bits per heavy atom. The lowest BCUT2D eigenvalue weighted by Crippen LogP contribution is -2.62. The van der Waals surface area contributed by atoms with Crippen molar-refractivity contribution in [3.63, 3.8) is 0 Å². The second-order valence-corrected chi connectivity index (χ2v) is 20.0. The number of rotatable bonds is 17. The highest BCUT2D eigenvalue weighted by Crippen LogP contribution is 2.24. The van der Waals surface area contributed by atoms with Crippen LogP contribution in [0.1, 0.15) is 49.8 Å². The molecule has 1 aromatic heterocycles. The molecule has 5 rings (SSSR count). The van der Waals surface area contributed by atoms with E-state index >= 15 is 0 Å². The van der Waals surface area contributed by atoms with E-state index in [0.717, 1.165) is 38.1 Å². The quantitative estimate of drug-likeness (QED) is 0.0455. The molecule has 1 aliphatic heterocycles. The van der Waals surface area contributed by atoms with E-state index < -0.39 is 108 Å². The van der Waals surface area contributed by atoms with Crippen LogP contribution in [0.3, 0.4) is 0 Å². The van der Waals surface area contributed by atoms with Gasteiger partial charge in [-0.3, -0.25) is 33.6 Å². The number of benzene rings is 3. The zero-order valence-electron chi connectivity index (χ0n) is 39.7. The molecule has 4 aromatic rings. The molecule has 10 atom stereocenters. The molecule has 0 spiro atoms. The minimum absolute atomic E-state index is 0.0340. The van der Waals surface area contributed by atoms with Gasteiger partial charge in [-0.15, -0.1) is 0 Å². The smallest absolute Gasteiger partial charge is 0.245 e. The van der Waals surface area contributed by atoms with Crippen LogP contribution in [-0.2, 0) is 52.8 Å². The number of aliphatic hydroxyl groups excluding tert-OH is 3. The topological polar surface area (TPSA) is 332 Å². The van der Waals surface area contributed by atoms with Crippen molar-refractivity contribution in [2.24, 2.45) is 11.5 Å². The van der Waals surface area contributed by atoms with Crippen molar-refractivity contribution in [2.75, 3.05) is 24.7 Å². The van der Waals surface area contributed by atoms with E-state index in [-0.39, 0.29) is 43.7 Å². The first kappa shape index (κ1) is 55.9. The predicted molar refractivity (Wildman–Crippen MR) is 272 cm³/mol. The van der Waals surface area contributed by atoms with Gasteiger partial charge in [-0.25, -0.2) is 0 Å². The molecule has 0 bridgehead atoms. The number of hydrogen-bond donors (Lipinski definition) is 13. The molecule has 1 saturated heterocycles. The molecule has 3 aromatic carbocycles. The number of para-hydroxylation sites is 1. The van der Waals surface area contributed by atoms with Gasteiger partial charge in [0.25, 0.3) is 0 Å². The summed E-state index contributed by atoms with van der Waals surface area (Å²) in [4.78, 5) is 103. The largest absolute Gasteiger partial charge is 0.394 e. The summed E-state index contributed by atoms with van der Waals surface area (Å²) in [7, 11) is 2.06. The summed E-state index contributed by atoms with van der Waals surface area (Å²) in [6.07, 6.45) is -0.156. The van der Waals surface area contributed by atoms with Gasteiger partial charge in [0.05, 0.1) is 30.9 Å². The first-order valence-corrected chi connectivity index (χ1v) is 26.0. The van der Waals surface area contributed by atoms with Gasteiger partial charge in [0.15, 0.2) is 0 Å². The number of aromatic nitrogens is 1. The lowest BCUT2D eigenvalue weighted by Gasteiger charge is -2.29. The van der Waals surface area contributed by atoms with Crippen LogP contribution in [0.25, 0.3) is 10.9 Å². The van der Waals surface area contributed by atoms with Crippen LogP contribution in [0.2, 0.25) is 0 Å². The van der Waals surface area contributed by atoms with Crippen molar-refractivity contribution >= 4 is 73.8 Å². The van der Waals surface area contributed by atoms with E-state index in [0.29, 0.717) is 24.0 Å².